The summed E-state index contributed by atoms with van der Waals surface area (Å²) < 4.78 is 5.66. The number of benzene rings is 2. The van der Waals surface area contributed by atoms with Gasteiger partial charge in [0.1, 0.15) is 18.1 Å². The summed E-state index contributed by atoms with van der Waals surface area (Å²) in [6.45, 7) is 3.88. The molecule has 0 spiro atoms. The van der Waals surface area contributed by atoms with Gasteiger partial charge in [0.25, 0.3) is 5.91 Å². The zero-order chi connectivity index (χ0) is 17.4. The molecule has 0 bridgehead atoms. The van der Waals surface area contributed by atoms with Crippen LogP contribution in [0.3, 0.4) is 0 Å². The summed E-state index contributed by atoms with van der Waals surface area (Å²) >= 11 is 11.9. The zero-order valence-electron chi connectivity index (χ0n) is 13.1. The largest absolute Gasteiger partial charge is 0.476 e. The Morgan fingerprint density at radius 3 is 2.58 bits per heavy atom. The predicted molar refractivity (Wildman–Crippen MR) is 94.1 cm³/mol. The number of carbonyl (C=O) groups excluding carboxylic acids is 2. The first-order valence-corrected chi connectivity index (χ1v) is 8.16. The summed E-state index contributed by atoms with van der Waals surface area (Å²) in [7, 11) is 0. The maximum absolute atomic E-state index is 12.6. The van der Waals surface area contributed by atoms with Crippen LogP contribution in [0.1, 0.15) is 11.1 Å². The lowest BCUT2D eigenvalue weighted by atomic mass is 9.95. The second-order valence-electron chi connectivity index (χ2n) is 5.67. The monoisotopic (exact) mass is 363 g/mol. The Labute approximate surface area is 149 Å². The van der Waals surface area contributed by atoms with Gasteiger partial charge in [0.2, 0.25) is 6.10 Å². The third-order valence-electron chi connectivity index (χ3n) is 4.21. The first kappa shape index (κ1) is 16.8. The minimum atomic E-state index is -0.888. The molecule has 24 heavy (non-hydrogen) atoms. The molecule has 4 nitrogen and oxygen atoms in total. The molecule has 0 unspecified atom stereocenters. The Kier molecular flexibility index (Phi) is 4.52. The van der Waals surface area contributed by atoms with Crippen molar-refractivity contribution < 1.29 is 14.3 Å². The number of aryl methyl sites for hydroxylation is 1. The zero-order valence-corrected chi connectivity index (χ0v) is 14.6. The highest BCUT2D eigenvalue weighted by Gasteiger charge is 2.50. The standard InChI is InChI=1S/C18H15Cl2NO3/c1-10-4-3-5-14(11(10)2)21-15(9-22)17(18(21)23)24-16-7-6-12(19)8-13(16)20/h3-9,15,17H,1-2H3/t15-,17-/m1/s1. The predicted octanol–water partition coefficient (Wildman–Crippen LogP) is 3.97. The van der Waals surface area contributed by atoms with E-state index >= 15 is 0 Å². The molecule has 3 rings (SSSR count). The van der Waals surface area contributed by atoms with Gasteiger partial charge < -0.3 is 9.53 Å². The van der Waals surface area contributed by atoms with Crippen LogP contribution < -0.4 is 9.64 Å². The van der Waals surface area contributed by atoms with Gasteiger partial charge in [-0.25, -0.2) is 0 Å². The molecule has 0 radical (unpaired) electrons. The lowest BCUT2D eigenvalue weighted by molar-refractivity contribution is -0.138. The number of rotatable bonds is 4. The van der Waals surface area contributed by atoms with Crippen LogP contribution in [0, 0.1) is 13.8 Å². The van der Waals surface area contributed by atoms with Crippen molar-refractivity contribution in [3.8, 4) is 5.75 Å². The van der Waals surface area contributed by atoms with Crippen LogP contribution in [0.15, 0.2) is 36.4 Å². The Balaban J connectivity index is 1.87. The van der Waals surface area contributed by atoms with Crippen molar-refractivity contribution in [1.82, 2.24) is 0 Å². The molecule has 1 amide bonds. The van der Waals surface area contributed by atoms with Crippen LogP contribution in [0.4, 0.5) is 5.69 Å². The maximum Gasteiger partial charge on any atom is 0.271 e. The lowest BCUT2D eigenvalue weighted by Gasteiger charge is -2.44. The van der Waals surface area contributed by atoms with Gasteiger partial charge in [-0.15, -0.1) is 0 Å². The summed E-state index contributed by atoms with van der Waals surface area (Å²) in [5.41, 5.74) is 2.73. The second-order valence-corrected chi connectivity index (χ2v) is 6.51. The summed E-state index contributed by atoms with van der Waals surface area (Å²) in [6.07, 6.45) is -0.168. The van der Waals surface area contributed by atoms with Crippen molar-refractivity contribution in [3.63, 3.8) is 0 Å². The van der Waals surface area contributed by atoms with Crippen LogP contribution in [0.2, 0.25) is 10.0 Å². The van der Waals surface area contributed by atoms with Crippen LogP contribution in [-0.2, 0) is 9.59 Å². The minimum absolute atomic E-state index is 0.271. The smallest absolute Gasteiger partial charge is 0.271 e. The van der Waals surface area contributed by atoms with E-state index in [4.69, 9.17) is 27.9 Å². The van der Waals surface area contributed by atoms with Crippen LogP contribution >= 0.6 is 23.2 Å². The van der Waals surface area contributed by atoms with E-state index in [-0.39, 0.29) is 5.91 Å². The van der Waals surface area contributed by atoms with Gasteiger partial charge in [-0.2, -0.15) is 0 Å². The highest BCUT2D eigenvalue weighted by atomic mass is 35.5. The van der Waals surface area contributed by atoms with Gasteiger partial charge in [0, 0.05) is 10.7 Å². The summed E-state index contributed by atoms with van der Waals surface area (Å²) in [5, 5.41) is 0.765. The molecule has 1 heterocycles. The first-order chi connectivity index (χ1) is 11.4. The summed E-state index contributed by atoms with van der Waals surface area (Å²) in [4.78, 5) is 25.5. The number of nitrogens with zero attached hydrogens (tertiary/aromatic N) is 1. The molecule has 0 aliphatic carbocycles. The van der Waals surface area contributed by atoms with Crippen molar-refractivity contribution in [2.75, 3.05) is 4.90 Å². The number of halogens is 2. The molecule has 2 aromatic rings. The molecule has 0 aromatic heterocycles. The number of carbonyl (C=O) groups is 2. The average molecular weight is 364 g/mol. The van der Waals surface area contributed by atoms with Crippen LogP contribution in [-0.4, -0.2) is 24.3 Å². The van der Waals surface area contributed by atoms with E-state index in [1.54, 1.807) is 12.1 Å². The van der Waals surface area contributed by atoms with Crippen LogP contribution in [0.5, 0.6) is 5.75 Å². The molecule has 124 valence electrons. The van der Waals surface area contributed by atoms with Gasteiger partial charge >= 0.3 is 0 Å². The van der Waals surface area contributed by atoms with E-state index in [0.717, 1.165) is 23.1 Å². The van der Waals surface area contributed by atoms with E-state index in [1.165, 1.54) is 11.0 Å². The molecule has 0 saturated carbocycles. The van der Waals surface area contributed by atoms with Gasteiger partial charge in [-0.3, -0.25) is 9.69 Å². The number of aldehydes is 1. The van der Waals surface area contributed by atoms with Crippen molar-refractivity contribution in [2.24, 2.45) is 0 Å². The molecular weight excluding hydrogens is 349 g/mol. The highest BCUT2D eigenvalue weighted by Crippen LogP contribution is 2.35. The number of ether oxygens (including phenoxy) is 1. The number of hydrogen-bond acceptors (Lipinski definition) is 3. The van der Waals surface area contributed by atoms with E-state index in [2.05, 4.69) is 0 Å². The average Bonchev–Trinajstić information content (AvgIpc) is 2.55. The lowest BCUT2D eigenvalue weighted by Crippen LogP contribution is -2.68. The third-order valence-corrected chi connectivity index (χ3v) is 4.74. The Bertz CT molecular complexity index is 822. The first-order valence-electron chi connectivity index (χ1n) is 7.40. The Hall–Kier alpha value is -2.04. The fraction of sp³-hybridized carbons (Fsp3) is 0.222. The number of β-lactam (4-membered cyclic amide) rings is 1. The van der Waals surface area contributed by atoms with Crippen molar-refractivity contribution >= 4 is 41.1 Å². The normalized spacial score (nSPS) is 19.8. The fourth-order valence-corrected chi connectivity index (χ4v) is 3.17. The molecule has 1 aliphatic heterocycles. The van der Waals surface area contributed by atoms with Crippen LogP contribution in [0.25, 0.3) is 0 Å². The van der Waals surface area contributed by atoms with Gasteiger partial charge in [0.05, 0.1) is 5.02 Å². The van der Waals surface area contributed by atoms with Gasteiger partial charge in [-0.05, 0) is 49.2 Å². The molecular formula is C18H15Cl2NO3. The van der Waals surface area contributed by atoms with Crippen molar-refractivity contribution in [3.05, 3.63) is 57.6 Å². The summed E-state index contributed by atoms with van der Waals surface area (Å²) in [5.74, 6) is 0.0543. The van der Waals surface area contributed by atoms with Gasteiger partial charge in [0.15, 0.2) is 0 Å². The van der Waals surface area contributed by atoms with Crippen molar-refractivity contribution in [2.45, 2.75) is 26.0 Å². The molecule has 1 fully saturated rings. The number of anilines is 1. The minimum Gasteiger partial charge on any atom is -0.476 e. The van der Waals surface area contributed by atoms with E-state index in [9.17, 15) is 9.59 Å². The highest BCUT2D eigenvalue weighted by molar-refractivity contribution is 6.35. The summed E-state index contributed by atoms with van der Waals surface area (Å²) in [6, 6.07) is 9.68. The van der Waals surface area contributed by atoms with E-state index in [0.29, 0.717) is 15.8 Å². The number of amides is 1. The SMILES string of the molecule is Cc1cccc(N2C(=O)[C@H](Oc3ccc(Cl)cc3Cl)[C@H]2C=O)c1C. The molecule has 0 N–H and O–H groups in total. The quantitative estimate of drug-likeness (QED) is 0.609. The topological polar surface area (TPSA) is 46.6 Å². The second kappa shape index (κ2) is 6.46. The molecule has 1 saturated heterocycles. The third kappa shape index (κ3) is 2.76. The van der Waals surface area contributed by atoms with E-state index in [1.807, 2.05) is 32.0 Å². The fourth-order valence-electron chi connectivity index (χ4n) is 2.72. The molecule has 6 heteroatoms. The molecule has 2 aromatic carbocycles. The molecule has 1 aliphatic rings. The Morgan fingerprint density at radius 2 is 1.92 bits per heavy atom. The van der Waals surface area contributed by atoms with Crippen molar-refractivity contribution in [1.29, 1.82) is 0 Å². The molecule has 2 atom stereocenters. The maximum atomic E-state index is 12.6. The number of hydrogen-bond donors (Lipinski definition) is 0. The van der Waals surface area contributed by atoms with Gasteiger partial charge in [-0.1, -0.05) is 35.3 Å². The Morgan fingerprint density at radius 1 is 1.17 bits per heavy atom. The van der Waals surface area contributed by atoms with E-state index < -0.39 is 12.1 Å².